The van der Waals surface area contributed by atoms with Crippen molar-refractivity contribution in [3.05, 3.63) is 54.2 Å². The zero-order chi connectivity index (χ0) is 21.6. The maximum absolute atomic E-state index is 5.66. The second-order valence-electron chi connectivity index (χ2n) is 8.01. The van der Waals surface area contributed by atoms with E-state index in [2.05, 4.69) is 57.8 Å². The molecule has 0 saturated carbocycles. The van der Waals surface area contributed by atoms with Gasteiger partial charge in [-0.2, -0.15) is 5.10 Å². The van der Waals surface area contributed by atoms with Crippen molar-refractivity contribution >= 4 is 35.6 Å². The van der Waals surface area contributed by atoms with Crippen LogP contribution in [-0.4, -0.2) is 46.4 Å². The minimum Gasteiger partial charge on any atom is -0.444 e. The monoisotopic (exact) mass is 549 g/mol. The Morgan fingerprint density at radius 3 is 2.81 bits per heavy atom. The molecule has 3 aromatic rings. The van der Waals surface area contributed by atoms with Crippen LogP contribution < -0.4 is 15.5 Å². The van der Waals surface area contributed by atoms with Gasteiger partial charge in [-0.05, 0) is 38.8 Å². The van der Waals surface area contributed by atoms with E-state index in [0.717, 1.165) is 49.7 Å². The summed E-state index contributed by atoms with van der Waals surface area (Å²) >= 11 is 0. The molecule has 1 unspecified atom stereocenters. The highest BCUT2D eigenvalue weighted by molar-refractivity contribution is 14.0. The Morgan fingerprint density at radius 1 is 1.28 bits per heavy atom. The largest absolute Gasteiger partial charge is 0.444 e. The van der Waals surface area contributed by atoms with Gasteiger partial charge in [0, 0.05) is 44.5 Å². The van der Waals surface area contributed by atoms with Gasteiger partial charge in [-0.1, -0.05) is 17.7 Å². The molecule has 1 saturated heterocycles. The number of piperidine rings is 1. The normalized spacial score (nSPS) is 16.5. The van der Waals surface area contributed by atoms with Crippen LogP contribution in [0.2, 0.25) is 0 Å². The lowest BCUT2D eigenvalue weighted by Gasteiger charge is -2.34. The maximum atomic E-state index is 5.66. The number of aliphatic imine (C=N–C) groups is 1. The van der Waals surface area contributed by atoms with Crippen LogP contribution in [0.4, 0.5) is 5.69 Å². The van der Waals surface area contributed by atoms with Gasteiger partial charge in [0.2, 0.25) is 5.89 Å². The molecule has 0 spiro atoms. The van der Waals surface area contributed by atoms with Crippen molar-refractivity contribution in [1.29, 1.82) is 0 Å². The van der Waals surface area contributed by atoms with E-state index in [1.54, 1.807) is 6.26 Å². The Labute approximate surface area is 206 Å². The quantitative estimate of drug-likeness (QED) is 0.277. The van der Waals surface area contributed by atoms with Crippen molar-refractivity contribution in [1.82, 2.24) is 25.4 Å². The Kier molecular flexibility index (Phi) is 8.54. The van der Waals surface area contributed by atoms with Crippen molar-refractivity contribution in [2.75, 3.05) is 24.5 Å². The third kappa shape index (κ3) is 6.24. The van der Waals surface area contributed by atoms with Gasteiger partial charge < -0.3 is 20.0 Å². The summed E-state index contributed by atoms with van der Waals surface area (Å²) in [6, 6.07) is 8.49. The number of nitrogens with one attached hydrogen (secondary N) is 2. The summed E-state index contributed by atoms with van der Waals surface area (Å²) in [7, 11) is 1.95. The average Bonchev–Trinajstić information content (AvgIpc) is 3.42. The first-order chi connectivity index (χ1) is 15.1. The number of guanidine groups is 1. The molecule has 3 heterocycles. The lowest BCUT2D eigenvalue weighted by atomic mass is 10.1. The SMILES string of the molecule is CCNC(=NCc1coc(-c2ccc(C)cc2)n1)NC1CCCN(c2cnn(C)c2)C1.I. The van der Waals surface area contributed by atoms with Crippen LogP contribution in [-0.2, 0) is 13.6 Å². The second kappa shape index (κ2) is 11.3. The van der Waals surface area contributed by atoms with E-state index < -0.39 is 0 Å². The predicted octanol–water partition coefficient (Wildman–Crippen LogP) is 3.73. The number of aromatic nitrogens is 3. The standard InChI is InChI=1S/C23H31N7O.HI/c1-4-24-23(28-19-6-5-11-30(14-19)21-13-26-29(3)15-21)25-12-20-16-31-22(27-20)18-9-7-17(2)8-10-18;/h7-10,13,15-16,19H,4-6,11-12,14H2,1-3H3,(H2,24,25,28);1H. The highest BCUT2D eigenvalue weighted by Gasteiger charge is 2.21. The summed E-state index contributed by atoms with van der Waals surface area (Å²) in [5.41, 5.74) is 4.17. The Morgan fingerprint density at radius 2 is 2.09 bits per heavy atom. The number of nitrogens with zero attached hydrogens (tertiary/aromatic N) is 5. The Bertz CT molecular complexity index is 1010. The summed E-state index contributed by atoms with van der Waals surface area (Å²) < 4.78 is 7.51. The molecule has 1 aromatic carbocycles. The molecule has 8 nitrogen and oxygen atoms in total. The first-order valence-corrected chi connectivity index (χ1v) is 10.9. The van der Waals surface area contributed by atoms with Gasteiger partial charge in [-0.3, -0.25) is 4.68 Å². The zero-order valence-electron chi connectivity index (χ0n) is 18.9. The predicted molar refractivity (Wildman–Crippen MR) is 138 cm³/mol. The molecule has 32 heavy (non-hydrogen) atoms. The van der Waals surface area contributed by atoms with Gasteiger partial charge in [-0.25, -0.2) is 9.98 Å². The van der Waals surface area contributed by atoms with Gasteiger partial charge in [0.1, 0.15) is 12.0 Å². The van der Waals surface area contributed by atoms with Crippen LogP contribution in [0.1, 0.15) is 31.0 Å². The van der Waals surface area contributed by atoms with Gasteiger partial charge in [0.25, 0.3) is 0 Å². The topological polar surface area (TPSA) is 83.5 Å². The molecule has 0 amide bonds. The molecule has 172 valence electrons. The van der Waals surface area contributed by atoms with Crippen molar-refractivity contribution in [2.45, 2.75) is 39.3 Å². The minimum absolute atomic E-state index is 0. The third-order valence-electron chi connectivity index (χ3n) is 5.41. The van der Waals surface area contributed by atoms with Crippen molar-refractivity contribution in [2.24, 2.45) is 12.0 Å². The van der Waals surface area contributed by atoms with Crippen LogP contribution in [0.15, 0.2) is 52.3 Å². The number of rotatable bonds is 6. The average molecular weight is 549 g/mol. The molecule has 2 aromatic heterocycles. The Balaban J connectivity index is 0.00000289. The summed E-state index contributed by atoms with van der Waals surface area (Å²) in [5.74, 6) is 1.43. The fourth-order valence-electron chi connectivity index (χ4n) is 3.78. The van der Waals surface area contributed by atoms with E-state index >= 15 is 0 Å². The molecule has 2 N–H and O–H groups in total. The summed E-state index contributed by atoms with van der Waals surface area (Å²) in [6.45, 7) is 7.39. The lowest BCUT2D eigenvalue weighted by Crippen LogP contribution is -2.51. The first kappa shape index (κ1) is 24.1. The van der Waals surface area contributed by atoms with E-state index in [1.807, 2.05) is 30.1 Å². The van der Waals surface area contributed by atoms with Gasteiger partial charge >= 0.3 is 0 Å². The summed E-state index contributed by atoms with van der Waals surface area (Å²) in [6.07, 6.45) is 7.93. The number of hydrogen-bond acceptors (Lipinski definition) is 5. The number of benzene rings is 1. The lowest BCUT2D eigenvalue weighted by molar-refractivity contribution is 0.468. The van der Waals surface area contributed by atoms with Gasteiger partial charge in [-0.15, -0.1) is 24.0 Å². The molecule has 0 bridgehead atoms. The van der Waals surface area contributed by atoms with Crippen LogP contribution in [0.5, 0.6) is 0 Å². The molecule has 9 heteroatoms. The van der Waals surface area contributed by atoms with Crippen molar-refractivity contribution in [3.8, 4) is 11.5 Å². The Hall–Kier alpha value is -2.56. The van der Waals surface area contributed by atoms with Crippen LogP contribution in [0.3, 0.4) is 0 Å². The molecular weight excluding hydrogens is 517 g/mol. The van der Waals surface area contributed by atoms with E-state index in [1.165, 1.54) is 11.3 Å². The van der Waals surface area contributed by atoms with Crippen molar-refractivity contribution in [3.63, 3.8) is 0 Å². The van der Waals surface area contributed by atoms with Crippen LogP contribution >= 0.6 is 24.0 Å². The molecule has 1 atom stereocenters. The molecule has 0 radical (unpaired) electrons. The highest BCUT2D eigenvalue weighted by Crippen LogP contribution is 2.20. The van der Waals surface area contributed by atoms with Crippen molar-refractivity contribution < 1.29 is 4.42 Å². The zero-order valence-corrected chi connectivity index (χ0v) is 21.2. The highest BCUT2D eigenvalue weighted by atomic mass is 127. The number of anilines is 1. The van der Waals surface area contributed by atoms with E-state index in [9.17, 15) is 0 Å². The molecule has 0 aliphatic carbocycles. The number of aryl methyl sites for hydroxylation is 2. The fraction of sp³-hybridized carbons (Fsp3) is 0.435. The molecule has 1 fully saturated rings. The van der Waals surface area contributed by atoms with Gasteiger partial charge in [0.05, 0.1) is 18.4 Å². The second-order valence-corrected chi connectivity index (χ2v) is 8.01. The van der Waals surface area contributed by atoms with E-state index in [-0.39, 0.29) is 24.0 Å². The summed E-state index contributed by atoms with van der Waals surface area (Å²) in [4.78, 5) is 11.7. The minimum atomic E-state index is 0. The van der Waals surface area contributed by atoms with Gasteiger partial charge in [0.15, 0.2) is 5.96 Å². The molecule has 4 rings (SSSR count). The molecule has 1 aliphatic heterocycles. The van der Waals surface area contributed by atoms with E-state index in [4.69, 9.17) is 9.41 Å². The smallest absolute Gasteiger partial charge is 0.226 e. The first-order valence-electron chi connectivity index (χ1n) is 10.9. The van der Waals surface area contributed by atoms with E-state index in [0.29, 0.717) is 18.5 Å². The fourth-order valence-corrected chi connectivity index (χ4v) is 3.78. The summed E-state index contributed by atoms with van der Waals surface area (Å²) in [5, 5.41) is 11.2. The number of hydrogen-bond donors (Lipinski definition) is 2. The number of oxazole rings is 1. The molecule has 1 aliphatic rings. The maximum Gasteiger partial charge on any atom is 0.226 e. The third-order valence-corrected chi connectivity index (χ3v) is 5.41. The molecular formula is C23H32IN7O. The van der Waals surface area contributed by atoms with Crippen LogP contribution in [0, 0.1) is 6.92 Å². The number of halogens is 1. The van der Waals surface area contributed by atoms with Crippen LogP contribution in [0.25, 0.3) is 11.5 Å².